The molecule has 2 aromatic carbocycles. The van der Waals surface area contributed by atoms with E-state index in [2.05, 4.69) is 67.3 Å². The number of rotatable bonds is 5. The zero-order valence-corrected chi connectivity index (χ0v) is 16.5. The summed E-state index contributed by atoms with van der Waals surface area (Å²) >= 11 is 0. The first-order valence-electron chi connectivity index (χ1n) is 9.98. The predicted octanol–water partition coefficient (Wildman–Crippen LogP) is 5.65. The van der Waals surface area contributed by atoms with Crippen molar-refractivity contribution < 1.29 is 4.42 Å². The molecule has 4 rings (SSSR count). The Hall–Kier alpha value is -2.39. The average molecular weight is 361 g/mol. The van der Waals surface area contributed by atoms with Gasteiger partial charge in [0.25, 0.3) is 0 Å². The Balaban J connectivity index is 1.47. The van der Waals surface area contributed by atoms with E-state index in [0.29, 0.717) is 6.04 Å². The first-order valence-corrected chi connectivity index (χ1v) is 9.98. The largest absolute Gasteiger partial charge is 0.441 e. The van der Waals surface area contributed by atoms with Gasteiger partial charge in [0.2, 0.25) is 5.89 Å². The lowest BCUT2D eigenvalue weighted by Crippen LogP contribution is -2.29. The number of hydrogen-bond acceptors (Lipinski definition) is 3. The van der Waals surface area contributed by atoms with Gasteiger partial charge in [-0.25, -0.2) is 4.98 Å². The van der Waals surface area contributed by atoms with Gasteiger partial charge in [0, 0.05) is 24.6 Å². The zero-order valence-electron chi connectivity index (χ0n) is 16.5. The Kier molecular flexibility index (Phi) is 5.13. The molecule has 27 heavy (non-hydrogen) atoms. The number of likely N-dealkylation sites (tertiary alicyclic amines) is 1. The van der Waals surface area contributed by atoms with Gasteiger partial charge in [-0.2, -0.15) is 0 Å². The van der Waals surface area contributed by atoms with E-state index in [1.165, 1.54) is 36.1 Å². The third-order valence-corrected chi connectivity index (χ3v) is 5.74. The summed E-state index contributed by atoms with van der Waals surface area (Å²) in [7, 11) is 0. The minimum atomic E-state index is 0.700. The number of oxazole rings is 1. The maximum Gasteiger partial charge on any atom is 0.226 e. The first-order chi connectivity index (χ1) is 13.1. The fourth-order valence-electron chi connectivity index (χ4n) is 3.91. The van der Waals surface area contributed by atoms with E-state index in [1.54, 1.807) is 0 Å². The third kappa shape index (κ3) is 3.98. The summed E-state index contributed by atoms with van der Waals surface area (Å²) in [5, 5.41) is 0. The standard InChI is InChI=1S/C24H28N2O/c1-17-6-8-20(9-7-17)21-10-12-22(13-11-21)24-25-23(19(3)27-24)14-16-26-15-4-5-18(26)2/h6-13,18H,4-5,14-16H2,1-3H3/t18-/m1/s1. The van der Waals surface area contributed by atoms with Gasteiger partial charge in [0.15, 0.2) is 0 Å². The lowest BCUT2D eigenvalue weighted by Gasteiger charge is -2.20. The van der Waals surface area contributed by atoms with Crippen LogP contribution in [0.25, 0.3) is 22.6 Å². The Morgan fingerprint density at radius 1 is 0.963 bits per heavy atom. The van der Waals surface area contributed by atoms with Gasteiger partial charge in [-0.05, 0) is 63.4 Å². The van der Waals surface area contributed by atoms with Crippen molar-refractivity contribution in [2.75, 3.05) is 13.1 Å². The third-order valence-electron chi connectivity index (χ3n) is 5.74. The predicted molar refractivity (Wildman–Crippen MR) is 111 cm³/mol. The minimum Gasteiger partial charge on any atom is -0.441 e. The van der Waals surface area contributed by atoms with Crippen LogP contribution in [0.5, 0.6) is 0 Å². The van der Waals surface area contributed by atoms with Crippen molar-refractivity contribution in [3.05, 3.63) is 65.5 Å². The topological polar surface area (TPSA) is 29.3 Å². The van der Waals surface area contributed by atoms with Crippen molar-refractivity contribution in [1.29, 1.82) is 0 Å². The second-order valence-electron chi connectivity index (χ2n) is 7.74. The summed E-state index contributed by atoms with van der Waals surface area (Å²) in [5.41, 5.74) is 5.85. The minimum absolute atomic E-state index is 0.700. The fraction of sp³-hybridized carbons (Fsp3) is 0.375. The lowest BCUT2D eigenvalue weighted by atomic mass is 10.0. The van der Waals surface area contributed by atoms with Gasteiger partial charge < -0.3 is 9.32 Å². The van der Waals surface area contributed by atoms with E-state index < -0.39 is 0 Å². The van der Waals surface area contributed by atoms with Gasteiger partial charge in [0.05, 0.1) is 5.69 Å². The summed E-state index contributed by atoms with van der Waals surface area (Å²) in [5.74, 6) is 1.67. The number of aromatic nitrogens is 1. The molecule has 3 nitrogen and oxygen atoms in total. The van der Waals surface area contributed by atoms with Gasteiger partial charge in [-0.3, -0.25) is 0 Å². The molecule has 0 amide bonds. The molecule has 0 unspecified atom stereocenters. The summed E-state index contributed by atoms with van der Waals surface area (Å²) in [6, 6.07) is 17.8. The monoisotopic (exact) mass is 360 g/mol. The molecular weight excluding hydrogens is 332 g/mol. The Labute approximate surface area is 162 Å². The number of hydrogen-bond donors (Lipinski definition) is 0. The van der Waals surface area contributed by atoms with Gasteiger partial charge >= 0.3 is 0 Å². The van der Waals surface area contributed by atoms with Gasteiger partial charge in [0.1, 0.15) is 5.76 Å². The molecule has 0 N–H and O–H groups in total. The molecule has 0 saturated carbocycles. The molecule has 1 aromatic heterocycles. The number of aryl methyl sites for hydroxylation is 2. The second-order valence-corrected chi connectivity index (χ2v) is 7.74. The van der Waals surface area contributed by atoms with Crippen molar-refractivity contribution in [2.45, 2.75) is 46.1 Å². The number of nitrogens with zero attached hydrogens (tertiary/aromatic N) is 2. The van der Waals surface area contributed by atoms with Crippen LogP contribution < -0.4 is 0 Å². The Morgan fingerprint density at radius 3 is 2.22 bits per heavy atom. The highest BCUT2D eigenvalue weighted by atomic mass is 16.4. The van der Waals surface area contributed by atoms with Crippen LogP contribution in [0.15, 0.2) is 52.9 Å². The summed E-state index contributed by atoms with van der Waals surface area (Å²) in [4.78, 5) is 7.35. The molecule has 1 aliphatic heterocycles. The van der Waals surface area contributed by atoms with E-state index in [4.69, 9.17) is 9.40 Å². The summed E-state index contributed by atoms with van der Waals surface area (Å²) < 4.78 is 5.97. The van der Waals surface area contributed by atoms with Crippen LogP contribution in [0.4, 0.5) is 0 Å². The van der Waals surface area contributed by atoms with Gasteiger partial charge in [-0.1, -0.05) is 42.0 Å². The smallest absolute Gasteiger partial charge is 0.226 e. The fourth-order valence-corrected chi connectivity index (χ4v) is 3.91. The summed E-state index contributed by atoms with van der Waals surface area (Å²) in [6.07, 6.45) is 3.59. The maximum atomic E-state index is 5.97. The van der Waals surface area contributed by atoms with Crippen molar-refractivity contribution >= 4 is 0 Å². The van der Waals surface area contributed by atoms with Gasteiger partial charge in [-0.15, -0.1) is 0 Å². The van der Waals surface area contributed by atoms with Crippen LogP contribution in [-0.4, -0.2) is 29.0 Å². The molecule has 1 saturated heterocycles. The van der Waals surface area contributed by atoms with Crippen molar-refractivity contribution in [2.24, 2.45) is 0 Å². The molecule has 1 fully saturated rings. The molecule has 1 aliphatic rings. The van der Waals surface area contributed by atoms with Crippen molar-refractivity contribution in [1.82, 2.24) is 9.88 Å². The highest BCUT2D eigenvalue weighted by molar-refractivity contribution is 5.67. The average Bonchev–Trinajstić information content (AvgIpc) is 3.26. The molecule has 3 aromatic rings. The Bertz CT molecular complexity index is 893. The zero-order chi connectivity index (χ0) is 18.8. The highest BCUT2D eigenvalue weighted by Crippen LogP contribution is 2.26. The van der Waals surface area contributed by atoms with E-state index in [1.807, 2.05) is 6.92 Å². The van der Waals surface area contributed by atoms with Crippen LogP contribution in [0.2, 0.25) is 0 Å². The Morgan fingerprint density at radius 2 is 1.59 bits per heavy atom. The molecule has 2 heterocycles. The molecule has 0 spiro atoms. The van der Waals surface area contributed by atoms with Crippen molar-refractivity contribution in [3.63, 3.8) is 0 Å². The SMILES string of the molecule is Cc1ccc(-c2ccc(-c3nc(CCN4CCC[C@H]4C)c(C)o3)cc2)cc1. The van der Waals surface area contributed by atoms with Crippen LogP contribution in [0, 0.1) is 13.8 Å². The molecular formula is C24H28N2O. The molecule has 1 atom stereocenters. The van der Waals surface area contributed by atoms with E-state index in [9.17, 15) is 0 Å². The second kappa shape index (κ2) is 7.69. The molecule has 140 valence electrons. The maximum absolute atomic E-state index is 5.97. The van der Waals surface area contributed by atoms with E-state index >= 15 is 0 Å². The summed E-state index contributed by atoms with van der Waals surface area (Å²) in [6.45, 7) is 8.75. The van der Waals surface area contributed by atoms with Crippen LogP contribution in [0.3, 0.4) is 0 Å². The van der Waals surface area contributed by atoms with Crippen LogP contribution >= 0.6 is 0 Å². The molecule has 3 heteroatoms. The first kappa shape index (κ1) is 18.0. The highest BCUT2D eigenvalue weighted by Gasteiger charge is 2.21. The van der Waals surface area contributed by atoms with E-state index in [0.717, 1.165) is 35.9 Å². The lowest BCUT2D eigenvalue weighted by molar-refractivity contribution is 0.271. The normalized spacial score (nSPS) is 17.5. The van der Waals surface area contributed by atoms with Crippen LogP contribution in [0.1, 0.15) is 36.8 Å². The quantitative estimate of drug-likeness (QED) is 0.588. The number of benzene rings is 2. The van der Waals surface area contributed by atoms with Crippen LogP contribution in [-0.2, 0) is 6.42 Å². The molecule has 0 radical (unpaired) electrons. The molecule has 0 bridgehead atoms. The van der Waals surface area contributed by atoms with Crippen molar-refractivity contribution in [3.8, 4) is 22.6 Å². The molecule has 0 aliphatic carbocycles. The van der Waals surface area contributed by atoms with E-state index in [-0.39, 0.29) is 0 Å².